The Kier molecular flexibility index (Phi) is 4.55. The summed E-state index contributed by atoms with van der Waals surface area (Å²) in [5.41, 5.74) is 8.05. The van der Waals surface area contributed by atoms with Gasteiger partial charge in [0.1, 0.15) is 5.75 Å². The van der Waals surface area contributed by atoms with Crippen LogP contribution in [0.4, 0.5) is 5.69 Å². The van der Waals surface area contributed by atoms with Crippen LogP contribution in [-0.2, 0) is 5.41 Å². The number of rotatable bonds is 3. The largest absolute Gasteiger partial charge is 0.508 e. The second-order valence-corrected chi connectivity index (χ2v) is 8.81. The molecule has 0 saturated carbocycles. The molecule has 0 radical (unpaired) electrons. The van der Waals surface area contributed by atoms with Crippen molar-refractivity contribution in [2.75, 3.05) is 24.6 Å². The molecule has 1 spiro atoms. The molecule has 0 atom stereocenters. The lowest BCUT2D eigenvalue weighted by atomic mass is 9.75. The van der Waals surface area contributed by atoms with Gasteiger partial charge >= 0.3 is 0 Å². The van der Waals surface area contributed by atoms with Crippen LogP contribution in [0.2, 0.25) is 0 Å². The first kappa shape index (κ1) is 19.8. The fraction of sp³-hybridized carbons (Fsp3) is 0.240. The summed E-state index contributed by atoms with van der Waals surface area (Å²) in [4.78, 5) is 18.2. The number of para-hydroxylation sites is 1. The zero-order valence-corrected chi connectivity index (χ0v) is 18.0. The number of benzene rings is 2. The Morgan fingerprint density at radius 1 is 1.09 bits per heavy atom. The van der Waals surface area contributed by atoms with Gasteiger partial charge in [0, 0.05) is 17.5 Å². The number of carbonyl (C=O) groups is 1. The number of amides is 1. The van der Waals surface area contributed by atoms with Gasteiger partial charge in [-0.05, 0) is 67.9 Å². The van der Waals surface area contributed by atoms with Gasteiger partial charge in [-0.15, -0.1) is 0 Å². The Hall–Kier alpha value is -3.91. The predicted molar refractivity (Wildman–Crippen MR) is 126 cm³/mol. The van der Waals surface area contributed by atoms with Crippen LogP contribution in [0.25, 0.3) is 22.3 Å². The van der Waals surface area contributed by atoms with Crippen LogP contribution in [0, 0.1) is 0 Å². The van der Waals surface area contributed by atoms with E-state index < -0.39 is 0 Å². The highest BCUT2D eigenvalue weighted by Crippen LogP contribution is 2.45. The normalized spacial score (nSPS) is 16.8. The van der Waals surface area contributed by atoms with Crippen molar-refractivity contribution in [1.29, 1.82) is 0 Å². The average Bonchev–Trinajstić information content (AvgIpc) is 3.43. The topological polar surface area (TPSA) is 106 Å². The third kappa shape index (κ3) is 3.30. The SMILES string of the molecule is O=C(NN1CC2(CCNCC2)c2ccccc21)c1cc(-c2ccc(O)cc2)nc2[nH]ncc12. The number of hydrazine groups is 1. The molecule has 4 aromatic rings. The van der Waals surface area contributed by atoms with E-state index in [0.29, 0.717) is 22.3 Å². The van der Waals surface area contributed by atoms with Crippen LogP contribution in [0.5, 0.6) is 5.75 Å². The van der Waals surface area contributed by atoms with E-state index in [4.69, 9.17) is 0 Å². The molecule has 33 heavy (non-hydrogen) atoms. The van der Waals surface area contributed by atoms with E-state index in [1.165, 1.54) is 5.56 Å². The van der Waals surface area contributed by atoms with Crippen molar-refractivity contribution in [2.45, 2.75) is 18.3 Å². The van der Waals surface area contributed by atoms with Gasteiger partial charge in [0.2, 0.25) is 0 Å². The van der Waals surface area contributed by atoms with E-state index in [0.717, 1.165) is 43.7 Å². The molecule has 4 heterocycles. The molecule has 6 rings (SSSR count). The van der Waals surface area contributed by atoms with Gasteiger partial charge in [0.25, 0.3) is 5.91 Å². The Bertz CT molecular complexity index is 1340. The van der Waals surface area contributed by atoms with E-state index >= 15 is 0 Å². The number of pyridine rings is 1. The molecular weight excluding hydrogens is 416 g/mol. The average molecular weight is 441 g/mol. The smallest absolute Gasteiger partial charge is 0.270 e. The number of phenols is 1. The van der Waals surface area contributed by atoms with Crippen LogP contribution in [-0.4, -0.2) is 45.8 Å². The molecule has 1 fully saturated rings. The summed E-state index contributed by atoms with van der Waals surface area (Å²) in [5.74, 6) is -0.0245. The number of aromatic amines is 1. The number of hydrogen-bond acceptors (Lipinski definition) is 6. The number of aromatic hydroxyl groups is 1. The molecule has 0 bridgehead atoms. The van der Waals surface area contributed by atoms with Crippen molar-refractivity contribution in [1.82, 2.24) is 25.9 Å². The highest BCUT2D eigenvalue weighted by atomic mass is 16.3. The Morgan fingerprint density at radius 2 is 1.88 bits per heavy atom. The summed E-state index contributed by atoms with van der Waals surface area (Å²) in [6.45, 7) is 2.71. The van der Waals surface area contributed by atoms with Crippen LogP contribution in [0.3, 0.4) is 0 Å². The fourth-order valence-corrected chi connectivity index (χ4v) is 5.14. The maximum atomic E-state index is 13.6. The first-order valence-electron chi connectivity index (χ1n) is 11.2. The summed E-state index contributed by atoms with van der Waals surface area (Å²) in [7, 11) is 0. The number of phenolic OH excluding ortho intramolecular Hbond substituents is 1. The van der Waals surface area contributed by atoms with Crippen LogP contribution in [0.1, 0.15) is 28.8 Å². The lowest BCUT2D eigenvalue weighted by Gasteiger charge is -2.34. The summed E-state index contributed by atoms with van der Waals surface area (Å²) in [5, 5.41) is 22.7. The van der Waals surface area contributed by atoms with Gasteiger partial charge in [-0.25, -0.2) is 4.98 Å². The maximum absolute atomic E-state index is 13.6. The molecule has 1 saturated heterocycles. The van der Waals surface area contributed by atoms with Crippen LogP contribution < -0.4 is 15.8 Å². The number of carbonyl (C=O) groups excluding carboxylic acids is 1. The van der Waals surface area contributed by atoms with Gasteiger partial charge in [-0.2, -0.15) is 5.10 Å². The number of anilines is 1. The molecule has 1 amide bonds. The summed E-state index contributed by atoms with van der Waals surface area (Å²) >= 11 is 0. The fourth-order valence-electron chi connectivity index (χ4n) is 5.14. The van der Waals surface area contributed by atoms with E-state index in [1.807, 2.05) is 11.1 Å². The van der Waals surface area contributed by atoms with E-state index in [9.17, 15) is 9.90 Å². The minimum absolute atomic E-state index is 0.0511. The van der Waals surface area contributed by atoms with Crippen molar-refractivity contribution in [3.05, 3.63) is 71.9 Å². The highest BCUT2D eigenvalue weighted by Gasteiger charge is 2.43. The van der Waals surface area contributed by atoms with E-state index in [2.05, 4.69) is 44.1 Å². The van der Waals surface area contributed by atoms with Crippen molar-refractivity contribution in [3.8, 4) is 17.0 Å². The van der Waals surface area contributed by atoms with E-state index in [-0.39, 0.29) is 17.1 Å². The lowest BCUT2D eigenvalue weighted by molar-refractivity contribution is 0.0949. The van der Waals surface area contributed by atoms with Crippen LogP contribution >= 0.6 is 0 Å². The minimum atomic E-state index is -0.204. The molecule has 2 aliphatic rings. The highest BCUT2D eigenvalue weighted by molar-refractivity contribution is 6.07. The second kappa shape index (κ2) is 7.60. The Labute approximate surface area is 190 Å². The molecule has 8 heteroatoms. The summed E-state index contributed by atoms with van der Waals surface area (Å²) in [6.07, 6.45) is 3.72. The molecule has 2 aliphatic heterocycles. The Morgan fingerprint density at radius 3 is 2.70 bits per heavy atom. The van der Waals surface area contributed by atoms with Crippen molar-refractivity contribution >= 4 is 22.6 Å². The summed E-state index contributed by atoms with van der Waals surface area (Å²) in [6, 6.07) is 16.9. The Balaban J connectivity index is 1.36. The van der Waals surface area contributed by atoms with Gasteiger partial charge < -0.3 is 10.4 Å². The molecule has 8 nitrogen and oxygen atoms in total. The molecule has 0 unspecified atom stereocenters. The zero-order chi connectivity index (χ0) is 22.4. The first-order chi connectivity index (χ1) is 16.1. The van der Waals surface area contributed by atoms with E-state index in [1.54, 1.807) is 36.5 Å². The number of nitrogens with zero attached hydrogens (tertiary/aromatic N) is 3. The third-order valence-corrected chi connectivity index (χ3v) is 6.85. The molecule has 2 aromatic heterocycles. The van der Waals surface area contributed by atoms with Gasteiger partial charge in [-0.3, -0.25) is 20.3 Å². The van der Waals surface area contributed by atoms with Crippen molar-refractivity contribution < 1.29 is 9.90 Å². The number of H-pyrrole nitrogens is 1. The summed E-state index contributed by atoms with van der Waals surface area (Å²) < 4.78 is 0. The minimum Gasteiger partial charge on any atom is -0.508 e. The molecule has 166 valence electrons. The van der Waals surface area contributed by atoms with Gasteiger partial charge in [-0.1, -0.05) is 18.2 Å². The monoisotopic (exact) mass is 440 g/mol. The number of nitrogens with one attached hydrogen (secondary N) is 3. The molecule has 2 aromatic carbocycles. The number of fused-ring (bicyclic) bond motifs is 3. The number of aromatic nitrogens is 3. The molecule has 4 N–H and O–H groups in total. The van der Waals surface area contributed by atoms with Gasteiger partial charge in [0.05, 0.1) is 28.5 Å². The molecular formula is C25H24N6O2. The van der Waals surface area contributed by atoms with Crippen LogP contribution in [0.15, 0.2) is 60.8 Å². The lowest BCUT2D eigenvalue weighted by Crippen LogP contribution is -2.48. The first-order valence-corrected chi connectivity index (χ1v) is 11.2. The number of hydrogen-bond donors (Lipinski definition) is 4. The number of piperidine rings is 1. The standard InChI is InChI=1S/C25H24N6O2/c32-17-7-5-16(6-8-17)21-13-18(19-14-27-29-23(19)28-21)24(33)30-31-15-25(9-11-26-12-10-25)20-3-1-2-4-22(20)31/h1-8,13-14,26,32H,9-12,15H2,(H,30,33)(H,27,28,29). The molecule has 0 aliphatic carbocycles. The van der Waals surface area contributed by atoms with Gasteiger partial charge in [0.15, 0.2) is 5.65 Å². The maximum Gasteiger partial charge on any atom is 0.270 e. The quantitative estimate of drug-likeness (QED) is 0.390. The van der Waals surface area contributed by atoms with Crippen molar-refractivity contribution in [3.63, 3.8) is 0 Å². The van der Waals surface area contributed by atoms with Crippen molar-refractivity contribution in [2.24, 2.45) is 0 Å². The third-order valence-electron chi connectivity index (χ3n) is 6.85. The second-order valence-electron chi connectivity index (χ2n) is 8.81. The predicted octanol–water partition coefficient (Wildman–Crippen LogP) is 3.12. The zero-order valence-electron chi connectivity index (χ0n) is 18.0.